The average Bonchev–Trinajstić information content (AvgIpc) is 3.40. The van der Waals surface area contributed by atoms with Gasteiger partial charge in [-0.1, -0.05) is 24.3 Å². The highest BCUT2D eigenvalue weighted by atomic mass is 16.5. The number of ketones is 1. The van der Waals surface area contributed by atoms with Crippen molar-refractivity contribution in [3.05, 3.63) is 76.3 Å². The molecule has 0 aromatic heterocycles. The van der Waals surface area contributed by atoms with Crippen LogP contribution in [0, 0.1) is 13.8 Å². The molecular formula is C29H28O8. The van der Waals surface area contributed by atoms with Crippen molar-refractivity contribution in [2.75, 3.05) is 19.8 Å². The predicted molar refractivity (Wildman–Crippen MR) is 134 cm³/mol. The number of aliphatic carboxylic acids is 1. The minimum absolute atomic E-state index is 0.0280. The van der Waals surface area contributed by atoms with Crippen molar-refractivity contribution in [1.82, 2.24) is 0 Å². The number of carboxylic acid groups (broad SMARTS) is 1. The van der Waals surface area contributed by atoms with Crippen molar-refractivity contribution in [2.24, 2.45) is 0 Å². The minimum atomic E-state index is -1.65. The second-order valence-corrected chi connectivity index (χ2v) is 9.60. The summed E-state index contributed by atoms with van der Waals surface area (Å²) < 4.78 is 17.4. The molecule has 3 N–H and O–H groups in total. The molecule has 0 amide bonds. The van der Waals surface area contributed by atoms with Gasteiger partial charge in [0.05, 0.1) is 31.8 Å². The van der Waals surface area contributed by atoms with E-state index in [1.807, 2.05) is 50.2 Å². The number of carboxylic acids is 1. The number of carbonyl (C=O) groups excluding carboxylic acids is 1. The van der Waals surface area contributed by atoms with Gasteiger partial charge in [0.2, 0.25) is 11.4 Å². The number of carbonyl (C=O) groups is 2. The molecule has 0 fully saturated rings. The van der Waals surface area contributed by atoms with Crippen LogP contribution in [0.15, 0.2) is 48.5 Å². The molecule has 2 aliphatic heterocycles. The van der Waals surface area contributed by atoms with E-state index in [9.17, 15) is 19.8 Å². The predicted octanol–water partition coefficient (Wildman–Crippen LogP) is 3.80. The van der Waals surface area contributed by atoms with Gasteiger partial charge in [-0.15, -0.1) is 0 Å². The zero-order valence-electron chi connectivity index (χ0n) is 20.6. The van der Waals surface area contributed by atoms with Crippen LogP contribution in [0.1, 0.15) is 45.0 Å². The Hall–Kier alpha value is -3.88. The van der Waals surface area contributed by atoms with Crippen LogP contribution in [0.5, 0.6) is 17.2 Å². The lowest BCUT2D eigenvalue weighted by Crippen LogP contribution is -2.47. The molecule has 0 bridgehead atoms. The van der Waals surface area contributed by atoms with Gasteiger partial charge in [-0.25, -0.2) is 0 Å². The van der Waals surface area contributed by atoms with Crippen LogP contribution in [0.25, 0.3) is 11.1 Å². The summed E-state index contributed by atoms with van der Waals surface area (Å²) in [6.07, 6.45) is 0.0280. The summed E-state index contributed by atoms with van der Waals surface area (Å²) >= 11 is 0. The Labute approximate surface area is 214 Å². The fourth-order valence-corrected chi connectivity index (χ4v) is 5.21. The van der Waals surface area contributed by atoms with Crippen molar-refractivity contribution in [1.29, 1.82) is 0 Å². The van der Waals surface area contributed by atoms with E-state index in [2.05, 4.69) is 0 Å². The Morgan fingerprint density at radius 1 is 1.05 bits per heavy atom. The number of hydrogen-bond donors (Lipinski definition) is 3. The van der Waals surface area contributed by atoms with Gasteiger partial charge < -0.3 is 29.5 Å². The van der Waals surface area contributed by atoms with Crippen molar-refractivity contribution >= 4 is 11.8 Å². The molecule has 37 heavy (non-hydrogen) atoms. The first-order valence-corrected chi connectivity index (χ1v) is 12.1. The zero-order chi connectivity index (χ0) is 26.3. The minimum Gasteiger partial charge on any atom is -0.492 e. The number of rotatable bonds is 8. The number of hydrogen-bond acceptors (Lipinski definition) is 7. The molecule has 0 aliphatic carbocycles. The number of benzene rings is 3. The standard InChI is InChI=1S/C29H28O8/c1-16-8-24-27(28(34)29(14-30,15-31)37-24)17(2)26(16)19-5-3-4-18(9-19)12-35-21-6-7-22-20(10-25(32)33)13-36-23(22)11-21/h3-9,11,20,30-31H,10,12-15H2,1-2H3,(H,32,33)/t20-/m1/s1. The van der Waals surface area contributed by atoms with Gasteiger partial charge in [-0.2, -0.15) is 0 Å². The van der Waals surface area contributed by atoms with E-state index < -0.39 is 30.6 Å². The fraction of sp³-hybridized carbons (Fsp3) is 0.310. The van der Waals surface area contributed by atoms with E-state index in [-0.39, 0.29) is 12.3 Å². The van der Waals surface area contributed by atoms with Crippen LogP contribution in [0.4, 0.5) is 0 Å². The van der Waals surface area contributed by atoms with Gasteiger partial charge in [0.15, 0.2) is 0 Å². The molecule has 0 unspecified atom stereocenters. The molecule has 3 aromatic rings. The number of aryl methyl sites for hydroxylation is 1. The molecular weight excluding hydrogens is 476 g/mol. The molecule has 0 radical (unpaired) electrons. The van der Waals surface area contributed by atoms with E-state index in [0.717, 1.165) is 33.4 Å². The smallest absolute Gasteiger partial charge is 0.304 e. The van der Waals surface area contributed by atoms with Gasteiger partial charge in [-0.3, -0.25) is 9.59 Å². The zero-order valence-corrected chi connectivity index (χ0v) is 20.6. The summed E-state index contributed by atoms with van der Waals surface area (Å²) in [5.41, 5.74) is 3.96. The van der Waals surface area contributed by atoms with Gasteiger partial charge >= 0.3 is 5.97 Å². The lowest BCUT2D eigenvalue weighted by molar-refractivity contribution is -0.137. The SMILES string of the molecule is Cc1cc2c(c(C)c1-c1cccc(COc3ccc4c(c3)OC[C@H]4CC(=O)O)c1)C(=O)C(CO)(CO)O2. The Kier molecular flexibility index (Phi) is 6.39. The first kappa shape index (κ1) is 24.8. The summed E-state index contributed by atoms with van der Waals surface area (Å²) in [5, 5.41) is 28.6. The van der Waals surface area contributed by atoms with Crippen molar-refractivity contribution in [3.63, 3.8) is 0 Å². The van der Waals surface area contributed by atoms with Gasteiger partial charge in [0.1, 0.15) is 23.9 Å². The quantitative estimate of drug-likeness (QED) is 0.424. The third-order valence-electron chi connectivity index (χ3n) is 7.10. The summed E-state index contributed by atoms with van der Waals surface area (Å²) in [4.78, 5) is 24.1. The first-order chi connectivity index (χ1) is 17.8. The maximum atomic E-state index is 13.1. The fourth-order valence-electron chi connectivity index (χ4n) is 5.21. The van der Waals surface area contributed by atoms with Gasteiger partial charge in [0.25, 0.3) is 0 Å². The van der Waals surface area contributed by atoms with E-state index >= 15 is 0 Å². The summed E-state index contributed by atoms with van der Waals surface area (Å²) in [6.45, 7) is 3.21. The van der Waals surface area contributed by atoms with Crippen LogP contribution >= 0.6 is 0 Å². The van der Waals surface area contributed by atoms with Gasteiger partial charge in [-0.05, 0) is 59.9 Å². The molecule has 0 saturated heterocycles. The van der Waals surface area contributed by atoms with Crippen LogP contribution < -0.4 is 14.2 Å². The molecule has 2 aliphatic rings. The van der Waals surface area contributed by atoms with E-state index in [4.69, 9.17) is 19.3 Å². The maximum Gasteiger partial charge on any atom is 0.304 e. The Morgan fingerprint density at radius 2 is 1.84 bits per heavy atom. The molecule has 0 spiro atoms. The average molecular weight is 505 g/mol. The topological polar surface area (TPSA) is 123 Å². The lowest BCUT2D eigenvalue weighted by atomic mass is 9.87. The summed E-state index contributed by atoms with van der Waals surface area (Å²) in [5.74, 6) is 0.210. The molecule has 2 heterocycles. The van der Waals surface area contributed by atoms with Crippen LogP contribution in [-0.4, -0.2) is 52.5 Å². The van der Waals surface area contributed by atoms with Crippen molar-refractivity contribution < 1.29 is 39.1 Å². The largest absolute Gasteiger partial charge is 0.492 e. The van der Waals surface area contributed by atoms with Crippen LogP contribution in [0.3, 0.4) is 0 Å². The molecule has 192 valence electrons. The molecule has 1 atom stereocenters. The van der Waals surface area contributed by atoms with E-state index in [1.54, 1.807) is 12.1 Å². The Morgan fingerprint density at radius 3 is 2.57 bits per heavy atom. The van der Waals surface area contributed by atoms with Crippen molar-refractivity contribution in [3.8, 4) is 28.4 Å². The molecule has 8 heteroatoms. The number of aliphatic hydroxyl groups is 2. The first-order valence-electron chi connectivity index (χ1n) is 12.1. The van der Waals surface area contributed by atoms with Crippen LogP contribution in [0.2, 0.25) is 0 Å². The molecule has 0 saturated carbocycles. The number of ether oxygens (including phenoxy) is 3. The normalized spacial score (nSPS) is 17.1. The Bertz CT molecular complexity index is 1390. The van der Waals surface area contributed by atoms with E-state index in [0.29, 0.717) is 36.0 Å². The summed E-state index contributed by atoms with van der Waals surface area (Å²) in [6, 6.07) is 15.1. The number of fused-ring (bicyclic) bond motifs is 2. The van der Waals surface area contributed by atoms with Crippen molar-refractivity contribution in [2.45, 2.75) is 38.4 Å². The Balaban J connectivity index is 1.37. The van der Waals surface area contributed by atoms with Gasteiger partial charge in [0, 0.05) is 17.5 Å². The third-order valence-corrected chi connectivity index (χ3v) is 7.10. The molecule has 5 rings (SSSR count). The van der Waals surface area contributed by atoms with Crippen LogP contribution in [-0.2, 0) is 11.4 Å². The second-order valence-electron chi connectivity index (χ2n) is 9.60. The highest BCUT2D eigenvalue weighted by Crippen LogP contribution is 2.43. The number of aliphatic hydroxyl groups excluding tert-OH is 2. The highest BCUT2D eigenvalue weighted by molar-refractivity contribution is 6.10. The lowest BCUT2D eigenvalue weighted by Gasteiger charge is -2.21. The monoisotopic (exact) mass is 504 g/mol. The van der Waals surface area contributed by atoms with E-state index in [1.165, 1.54) is 0 Å². The maximum absolute atomic E-state index is 13.1. The molecule has 3 aromatic carbocycles. The number of Topliss-reactive ketones (excluding diaryl/α,β-unsaturated/α-hetero) is 1. The second kappa shape index (κ2) is 9.53. The molecule has 8 nitrogen and oxygen atoms in total. The summed E-state index contributed by atoms with van der Waals surface area (Å²) in [7, 11) is 0. The highest BCUT2D eigenvalue weighted by Gasteiger charge is 2.48. The third kappa shape index (κ3) is 4.32.